The highest BCUT2D eigenvalue weighted by molar-refractivity contribution is 7.98. The molecule has 146 valence electrons. The summed E-state index contributed by atoms with van der Waals surface area (Å²) < 4.78 is 1.66. The summed E-state index contributed by atoms with van der Waals surface area (Å²) in [4.78, 5) is 21.5. The molecule has 0 saturated carbocycles. The number of aryl methyl sites for hydroxylation is 2. The number of rotatable bonds is 7. The number of halogens is 1. The van der Waals surface area contributed by atoms with Crippen LogP contribution in [0.2, 0.25) is 5.02 Å². The van der Waals surface area contributed by atoms with Gasteiger partial charge in [-0.15, -0.1) is 5.10 Å². The molecule has 0 aliphatic rings. The first-order valence-electron chi connectivity index (χ1n) is 8.91. The smallest absolute Gasteiger partial charge is 0.273 e. The van der Waals surface area contributed by atoms with Crippen molar-refractivity contribution in [2.75, 3.05) is 6.54 Å². The van der Waals surface area contributed by atoms with Crippen molar-refractivity contribution in [2.24, 2.45) is 0 Å². The Morgan fingerprint density at radius 1 is 1.18 bits per heavy atom. The Labute approximate surface area is 172 Å². The van der Waals surface area contributed by atoms with Gasteiger partial charge in [-0.3, -0.25) is 4.79 Å². The van der Waals surface area contributed by atoms with Crippen LogP contribution in [-0.4, -0.2) is 37.4 Å². The molecule has 2 aromatic heterocycles. The maximum atomic E-state index is 12.6. The van der Waals surface area contributed by atoms with E-state index in [4.69, 9.17) is 11.6 Å². The Hall–Kier alpha value is -2.45. The molecule has 0 atom stereocenters. The summed E-state index contributed by atoms with van der Waals surface area (Å²) in [5, 5.41) is 12.5. The van der Waals surface area contributed by atoms with Gasteiger partial charge in [0.25, 0.3) is 5.91 Å². The molecule has 0 saturated heterocycles. The van der Waals surface area contributed by atoms with Gasteiger partial charge >= 0.3 is 0 Å². The van der Waals surface area contributed by atoms with Crippen LogP contribution in [-0.2, 0) is 5.75 Å². The second kappa shape index (κ2) is 9.16. The third-order valence-corrected chi connectivity index (χ3v) is 5.00. The predicted molar refractivity (Wildman–Crippen MR) is 110 cm³/mol. The molecule has 1 amide bonds. The summed E-state index contributed by atoms with van der Waals surface area (Å²) in [6.45, 7) is 6.45. The zero-order valence-corrected chi connectivity index (χ0v) is 17.5. The van der Waals surface area contributed by atoms with E-state index in [1.54, 1.807) is 16.8 Å². The Balaban J connectivity index is 1.93. The first kappa shape index (κ1) is 20.3. The number of thioether (sulfide) groups is 1. The highest BCUT2D eigenvalue weighted by Crippen LogP contribution is 2.24. The molecular weight excluding hydrogens is 396 g/mol. The Kier molecular flexibility index (Phi) is 6.64. The second-order valence-electron chi connectivity index (χ2n) is 6.25. The average Bonchev–Trinajstić information content (AvgIpc) is 3.08. The van der Waals surface area contributed by atoms with Crippen LogP contribution in [0.1, 0.15) is 40.9 Å². The number of carbonyl (C=O) groups excluding carboxylic acids is 1. The minimum Gasteiger partial charge on any atom is -0.351 e. The fourth-order valence-electron chi connectivity index (χ4n) is 2.61. The van der Waals surface area contributed by atoms with Gasteiger partial charge in [0.15, 0.2) is 10.9 Å². The van der Waals surface area contributed by atoms with Gasteiger partial charge in [0.1, 0.15) is 0 Å². The van der Waals surface area contributed by atoms with Crippen LogP contribution in [0.3, 0.4) is 0 Å². The van der Waals surface area contributed by atoms with Crippen LogP contribution in [0.15, 0.2) is 35.5 Å². The van der Waals surface area contributed by atoms with Gasteiger partial charge in [-0.25, -0.2) is 14.6 Å². The number of amides is 1. The van der Waals surface area contributed by atoms with Crippen LogP contribution >= 0.6 is 23.4 Å². The van der Waals surface area contributed by atoms with Gasteiger partial charge in [-0.2, -0.15) is 0 Å². The van der Waals surface area contributed by atoms with Crippen molar-refractivity contribution in [3.8, 4) is 5.69 Å². The maximum absolute atomic E-state index is 12.6. The van der Waals surface area contributed by atoms with Crippen molar-refractivity contribution in [3.63, 3.8) is 0 Å². The summed E-state index contributed by atoms with van der Waals surface area (Å²) in [5.74, 6) is 0.215. The highest BCUT2D eigenvalue weighted by atomic mass is 35.5. The van der Waals surface area contributed by atoms with Gasteiger partial charge in [0.2, 0.25) is 0 Å². The second-order valence-corrected chi connectivity index (χ2v) is 7.63. The summed E-state index contributed by atoms with van der Waals surface area (Å²) >= 11 is 7.44. The van der Waals surface area contributed by atoms with E-state index in [0.29, 0.717) is 33.9 Å². The van der Waals surface area contributed by atoms with Crippen LogP contribution in [0.25, 0.3) is 5.69 Å². The molecule has 9 heteroatoms. The molecule has 1 aromatic carbocycles. The van der Waals surface area contributed by atoms with E-state index in [1.807, 2.05) is 39.0 Å². The van der Waals surface area contributed by atoms with Gasteiger partial charge in [-0.05, 0) is 50.6 Å². The molecule has 3 aromatic rings. The van der Waals surface area contributed by atoms with E-state index in [9.17, 15) is 4.79 Å². The number of aromatic nitrogens is 5. The fraction of sp³-hybridized carbons (Fsp3) is 0.316. The lowest BCUT2D eigenvalue weighted by Gasteiger charge is -2.09. The summed E-state index contributed by atoms with van der Waals surface area (Å²) in [6, 6.07) is 9.16. The molecule has 0 radical (unpaired) electrons. The van der Waals surface area contributed by atoms with Gasteiger partial charge in [-0.1, -0.05) is 35.5 Å². The third kappa shape index (κ3) is 4.88. The molecule has 0 spiro atoms. The molecule has 28 heavy (non-hydrogen) atoms. The molecule has 0 fully saturated rings. The van der Waals surface area contributed by atoms with E-state index >= 15 is 0 Å². The van der Waals surface area contributed by atoms with Crippen LogP contribution < -0.4 is 5.32 Å². The Morgan fingerprint density at radius 3 is 2.50 bits per heavy atom. The minimum absolute atomic E-state index is 0.237. The number of hydrogen-bond acceptors (Lipinski definition) is 6. The van der Waals surface area contributed by atoms with Gasteiger partial charge < -0.3 is 5.32 Å². The maximum Gasteiger partial charge on any atom is 0.273 e. The summed E-state index contributed by atoms with van der Waals surface area (Å²) in [5.41, 5.74) is 3.58. The minimum atomic E-state index is -0.237. The molecule has 0 bridgehead atoms. The fourth-order valence-corrected chi connectivity index (χ4v) is 3.68. The number of nitrogens with one attached hydrogen (secondary N) is 1. The summed E-state index contributed by atoms with van der Waals surface area (Å²) in [6.07, 6.45) is 0.845. The molecular formula is C19H21ClN6OS. The van der Waals surface area contributed by atoms with Crippen LogP contribution in [0, 0.1) is 13.8 Å². The van der Waals surface area contributed by atoms with E-state index < -0.39 is 0 Å². The van der Waals surface area contributed by atoms with Crippen molar-refractivity contribution in [2.45, 2.75) is 38.1 Å². The molecule has 3 rings (SSSR count). The highest BCUT2D eigenvalue weighted by Gasteiger charge is 2.21. The lowest BCUT2D eigenvalue weighted by Crippen LogP contribution is -2.25. The zero-order valence-electron chi connectivity index (χ0n) is 15.9. The quantitative estimate of drug-likeness (QED) is 0.466. The third-order valence-electron chi connectivity index (χ3n) is 3.88. The molecule has 1 N–H and O–H groups in total. The molecule has 2 heterocycles. The first-order chi connectivity index (χ1) is 13.5. The predicted octanol–water partition coefficient (Wildman–Crippen LogP) is 3.76. The first-order valence-corrected chi connectivity index (χ1v) is 10.3. The van der Waals surface area contributed by atoms with Crippen molar-refractivity contribution in [1.29, 1.82) is 0 Å². The normalized spacial score (nSPS) is 10.9. The van der Waals surface area contributed by atoms with E-state index in [1.165, 1.54) is 11.8 Å². The average molecular weight is 417 g/mol. The standard InChI is InChI=1S/C19H21ClN6OS/c1-4-9-21-18(27)17-16(11-28-19-22-12(2)10-13(3)23-19)26(25-24-17)15-7-5-14(20)6-8-15/h5-8,10H,4,9,11H2,1-3H3,(H,21,27). The Bertz CT molecular complexity index is 953. The topological polar surface area (TPSA) is 85.6 Å². The van der Waals surface area contributed by atoms with Crippen LogP contribution in [0.4, 0.5) is 0 Å². The number of nitrogens with zero attached hydrogens (tertiary/aromatic N) is 5. The van der Waals surface area contributed by atoms with Crippen molar-refractivity contribution in [3.05, 3.63) is 58.1 Å². The van der Waals surface area contributed by atoms with Gasteiger partial charge in [0.05, 0.1) is 11.4 Å². The lowest BCUT2D eigenvalue weighted by atomic mass is 10.3. The van der Waals surface area contributed by atoms with Crippen molar-refractivity contribution >= 4 is 29.3 Å². The molecule has 0 aliphatic carbocycles. The largest absolute Gasteiger partial charge is 0.351 e. The van der Waals surface area contributed by atoms with Gasteiger partial charge in [0, 0.05) is 28.7 Å². The monoisotopic (exact) mass is 416 g/mol. The van der Waals surface area contributed by atoms with E-state index in [2.05, 4.69) is 25.6 Å². The summed E-state index contributed by atoms with van der Waals surface area (Å²) in [7, 11) is 0. The SMILES string of the molecule is CCCNC(=O)c1nnn(-c2ccc(Cl)cc2)c1CSc1nc(C)cc(C)n1. The number of hydrogen-bond donors (Lipinski definition) is 1. The van der Waals surface area contributed by atoms with E-state index in [-0.39, 0.29) is 5.91 Å². The van der Waals surface area contributed by atoms with Crippen LogP contribution in [0.5, 0.6) is 0 Å². The molecule has 0 aliphatic heterocycles. The lowest BCUT2D eigenvalue weighted by molar-refractivity contribution is 0.0948. The van der Waals surface area contributed by atoms with Crippen molar-refractivity contribution < 1.29 is 4.79 Å². The van der Waals surface area contributed by atoms with E-state index in [0.717, 1.165) is 23.5 Å². The van der Waals surface area contributed by atoms with Crippen molar-refractivity contribution in [1.82, 2.24) is 30.3 Å². The Morgan fingerprint density at radius 2 is 1.86 bits per heavy atom. The zero-order chi connectivity index (χ0) is 20.1. The number of carbonyl (C=O) groups is 1. The number of benzene rings is 1. The molecule has 0 unspecified atom stereocenters. The molecule has 7 nitrogen and oxygen atoms in total.